The lowest BCUT2D eigenvalue weighted by atomic mass is 10.0. The summed E-state index contributed by atoms with van der Waals surface area (Å²) in [7, 11) is 0. The summed E-state index contributed by atoms with van der Waals surface area (Å²) in [6, 6.07) is 3.58. The van der Waals surface area contributed by atoms with E-state index >= 15 is 0 Å². The van der Waals surface area contributed by atoms with Crippen LogP contribution in [0.15, 0.2) is 12.1 Å². The number of amides is 1. The summed E-state index contributed by atoms with van der Waals surface area (Å²) in [5.41, 5.74) is 3.80. The van der Waals surface area contributed by atoms with E-state index in [1.54, 1.807) is 12.1 Å². The fourth-order valence-electron chi connectivity index (χ4n) is 1.87. The highest BCUT2D eigenvalue weighted by Gasteiger charge is 2.16. The molecule has 4 N–H and O–H groups in total. The molecule has 1 aromatic heterocycles. The van der Waals surface area contributed by atoms with Gasteiger partial charge in [-0.15, -0.1) is 0 Å². The minimum absolute atomic E-state index is 0.0856. The van der Waals surface area contributed by atoms with Crippen LogP contribution in [0.25, 0.3) is 0 Å². The van der Waals surface area contributed by atoms with Crippen LogP contribution in [0.3, 0.4) is 0 Å². The molecule has 0 aliphatic rings. The van der Waals surface area contributed by atoms with Gasteiger partial charge in [-0.2, -0.15) is 0 Å². The molecule has 0 spiro atoms. The molecule has 1 aromatic rings. The molecular formula is C13H22N4O. The summed E-state index contributed by atoms with van der Waals surface area (Å²) >= 11 is 0. The van der Waals surface area contributed by atoms with Crippen molar-refractivity contribution >= 4 is 11.7 Å². The monoisotopic (exact) mass is 250 g/mol. The molecule has 1 amide bonds. The maximum atomic E-state index is 12.1. The summed E-state index contributed by atoms with van der Waals surface area (Å²) in [5, 5.41) is 3.03. The van der Waals surface area contributed by atoms with Gasteiger partial charge in [-0.3, -0.25) is 4.79 Å². The number of pyridine rings is 1. The van der Waals surface area contributed by atoms with E-state index in [0.717, 1.165) is 12.1 Å². The van der Waals surface area contributed by atoms with Gasteiger partial charge >= 0.3 is 0 Å². The highest BCUT2D eigenvalue weighted by atomic mass is 16.1. The molecule has 0 aliphatic carbocycles. The lowest BCUT2D eigenvalue weighted by Gasteiger charge is -2.20. The van der Waals surface area contributed by atoms with Crippen LogP contribution in [0.1, 0.15) is 43.2 Å². The van der Waals surface area contributed by atoms with Crippen molar-refractivity contribution in [2.45, 2.75) is 40.2 Å². The molecule has 18 heavy (non-hydrogen) atoms. The van der Waals surface area contributed by atoms with Gasteiger partial charge in [-0.1, -0.05) is 20.8 Å². The van der Waals surface area contributed by atoms with Crippen LogP contribution >= 0.6 is 0 Å². The van der Waals surface area contributed by atoms with Crippen molar-refractivity contribution in [3.63, 3.8) is 0 Å². The number of rotatable bonds is 5. The van der Waals surface area contributed by atoms with Crippen molar-refractivity contribution < 1.29 is 4.79 Å². The first-order valence-corrected chi connectivity index (χ1v) is 6.24. The van der Waals surface area contributed by atoms with Gasteiger partial charge in [0.05, 0.1) is 0 Å². The van der Waals surface area contributed by atoms with Crippen molar-refractivity contribution in [1.29, 1.82) is 0 Å². The summed E-state index contributed by atoms with van der Waals surface area (Å²) < 4.78 is 0. The third-order valence-corrected chi connectivity index (χ3v) is 2.92. The van der Waals surface area contributed by atoms with Gasteiger partial charge in [-0.05, 0) is 31.4 Å². The van der Waals surface area contributed by atoms with Gasteiger partial charge in [-0.25, -0.2) is 10.8 Å². The minimum atomic E-state index is -0.0856. The van der Waals surface area contributed by atoms with Crippen LogP contribution in [0.2, 0.25) is 0 Å². The Labute approximate surface area is 108 Å². The lowest BCUT2D eigenvalue weighted by Crippen LogP contribution is -2.38. The number of hydrogen-bond donors (Lipinski definition) is 3. The molecule has 0 saturated heterocycles. The number of carbonyl (C=O) groups excluding carboxylic acids is 1. The van der Waals surface area contributed by atoms with Crippen LogP contribution in [-0.4, -0.2) is 16.9 Å². The smallest absolute Gasteiger partial charge is 0.251 e. The Hall–Kier alpha value is -1.62. The predicted molar refractivity (Wildman–Crippen MR) is 73.2 cm³/mol. The Kier molecular flexibility index (Phi) is 5.09. The third-order valence-electron chi connectivity index (χ3n) is 2.92. The second-order valence-corrected chi connectivity index (χ2v) is 4.76. The molecule has 0 fully saturated rings. The first-order chi connectivity index (χ1) is 8.47. The quantitative estimate of drug-likeness (QED) is 0.550. The average molecular weight is 250 g/mol. The number of hydrazine groups is 1. The Morgan fingerprint density at radius 3 is 2.61 bits per heavy atom. The van der Waals surface area contributed by atoms with Gasteiger partial charge in [0, 0.05) is 17.3 Å². The second kappa shape index (κ2) is 6.35. The number of nitrogens with zero attached hydrogens (tertiary/aromatic N) is 1. The zero-order chi connectivity index (χ0) is 13.7. The highest BCUT2D eigenvalue weighted by molar-refractivity contribution is 5.95. The standard InChI is InChI=1S/C13H22N4O/c1-5-11(8(2)3)16-13(18)10-6-9(4)15-12(7-10)17-14/h6-8,11H,5,14H2,1-4H3,(H,15,17)(H,16,18). The molecule has 100 valence electrons. The van der Waals surface area contributed by atoms with Gasteiger partial charge < -0.3 is 10.7 Å². The molecule has 0 radical (unpaired) electrons. The maximum absolute atomic E-state index is 12.1. The molecule has 1 unspecified atom stereocenters. The van der Waals surface area contributed by atoms with Crippen LogP contribution < -0.4 is 16.6 Å². The van der Waals surface area contributed by atoms with Crippen LogP contribution in [0, 0.1) is 12.8 Å². The number of anilines is 1. The largest absolute Gasteiger partial charge is 0.349 e. The number of nitrogens with two attached hydrogens (primary N) is 1. The van der Waals surface area contributed by atoms with E-state index in [4.69, 9.17) is 5.84 Å². The summed E-state index contributed by atoms with van der Waals surface area (Å²) in [6.07, 6.45) is 0.912. The predicted octanol–water partition coefficient (Wildman–Crippen LogP) is 1.84. The van der Waals surface area contributed by atoms with E-state index in [9.17, 15) is 4.79 Å². The van der Waals surface area contributed by atoms with Crippen LogP contribution in [-0.2, 0) is 0 Å². The SMILES string of the molecule is CCC(NC(=O)c1cc(C)nc(NN)c1)C(C)C. The van der Waals surface area contributed by atoms with Crippen molar-refractivity contribution in [2.75, 3.05) is 5.43 Å². The molecule has 0 aromatic carbocycles. The Morgan fingerprint density at radius 2 is 2.11 bits per heavy atom. The summed E-state index contributed by atoms with van der Waals surface area (Å²) in [5.74, 6) is 6.14. The topological polar surface area (TPSA) is 80.0 Å². The first kappa shape index (κ1) is 14.4. The van der Waals surface area contributed by atoms with E-state index in [2.05, 4.69) is 36.5 Å². The molecule has 5 heteroatoms. The van der Waals surface area contributed by atoms with Gasteiger partial charge in [0.25, 0.3) is 5.91 Å². The van der Waals surface area contributed by atoms with E-state index in [1.807, 2.05) is 6.92 Å². The van der Waals surface area contributed by atoms with Crippen molar-refractivity contribution in [3.05, 3.63) is 23.4 Å². The molecule has 5 nitrogen and oxygen atoms in total. The minimum Gasteiger partial charge on any atom is -0.349 e. The first-order valence-electron chi connectivity index (χ1n) is 6.24. The normalized spacial score (nSPS) is 12.3. The van der Waals surface area contributed by atoms with Crippen molar-refractivity contribution in [3.8, 4) is 0 Å². The van der Waals surface area contributed by atoms with Gasteiger partial charge in [0.1, 0.15) is 5.82 Å². The van der Waals surface area contributed by atoms with Crippen molar-refractivity contribution in [2.24, 2.45) is 11.8 Å². The molecule has 0 saturated carbocycles. The zero-order valence-corrected chi connectivity index (χ0v) is 11.4. The van der Waals surface area contributed by atoms with E-state index < -0.39 is 0 Å². The van der Waals surface area contributed by atoms with Gasteiger partial charge in [0.2, 0.25) is 0 Å². The number of carbonyl (C=O) groups is 1. The number of nitrogen functional groups attached to an aromatic ring is 1. The third kappa shape index (κ3) is 3.70. The molecule has 1 atom stereocenters. The highest BCUT2D eigenvalue weighted by Crippen LogP contribution is 2.11. The second-order valence-electron chi connectivity index (χ2n) is 4.76. The Morgan fingerprint density at radius 1 is 1.44 bits per heavy atom. The number of nitrogens with one attached hydrogen (secondary N) is 2. The number of aryl methyl sites for hydroxylation is 1. The van der Waals surface area contributed by atoms with Crippen molar-refractivity contribution in [1.82, 2.24) is 10.3 Å². The van der Waals surface area contributed by atoms with Gasteiger partial charge in [0.15, 0.2) is 0 Å². The van der Waals surface area contributed by atoms with Crippen LogP contribution in [0.4, 0.5) is 5.82 Å². The fraction of sp³-hybridized carbons (Fsp3) is 0.538. The molecular weight excluding hydrogens is 228 g/mol. The summed E-state index contributed by atoms with van der Waals surface area (Å²) in [6.45, 7) is 8.09. The molecule has 1 heterocycles. The summed E-state index contributed by atoms with van der Waals surface area (Å²) in [4.78, 5) is 16.3. The zero-order valence-electron chi connectivity index (χ0n) is 11.4. The number of hydrogen-bond acceptors (Lipinski definition) is 4. The molecule has 1 rings (SSSR count). The Bertz CT molecular complexity index is 417. The van der Waals surface area contributed by atoms with Crippen LogP contribution in [0.5, 0.6) is 0 Å². The molecule has 0 bridgehead atoms. The fourth-order valence-corrected chi connectivity index (χ4v) is 1.87. The lowest BCUT2D eigenvalue weighted by molar-refractivity contribution is 0.0924. The molecule has 0 aliphatic heterocycles. The van der Waals surface area contributed by atoms with E-state index in [-0.39, 0.29) is 11.9 Å². The maximum Gasteiger partial charge on any atom is 0.251 e. The van der Waals surface area contributed by atoms with E-state index in [1.165, 1.54) is 0 Å². The Balaban J connectivity index is 2.86. The number of aromatic nitrogens is 1. The van der Waals surface area contributed by atoms with E-state index in [0.29, 0.717) is 17.3 Å². The average Bonchev–Trinajstić information content (AvgIpc) is 2.34.